The molecule has 0 aliphatic heterocycles. The molecule has 0 radical (unpaired) electrons. The lowest BCUT2D eigenvalue weighted by molar-refractivity contribution is -0.114. The van der Waals surface area contributed by atoms with E-state index in [2.05, 4.69) is 32.0 Å². The first-order valence-corrected chi connectivity index (χ1v) is 9.53. The number of nitrogens with zero attached hydrogens (tertiary/aromatic N) is 2. The number of rotatable bonds is 7. The van der Waals surface area contributed by atoms with E-state index in [4.69, 9.17) is 0 Å². The smallest absolute Gasteiger partial charge is 0.258 e. The summed E-state index contributed by atoms with van der Waals surface area (Å²) in [5.41, 5.74) is 3.06. The van der Waals surface area contributed by atoms with E-state index >= 15 is 0 Å². The molecule has 0 atom stereocenters. The van der Waals surface area contributed by atoms with Crippen LogP contribution in [0, 0.1) is 0 Å². The predicted molar refractivity (Wildman–Crippen MR) is 110 cm³/mol. The topological polar surface area (TPSA) is 96.0 Å². The van der Waals surface area contributed by atoms with Crippen LogP contribution in [0.2, 0.25) is 0 Å². The predicted octanol–water partition coefficient (Wildman–Crippen LogP) is 3.99. The Hall–Kier alpha value is -3.22. The molecule has 0 bridgehead atoms. The first-order valence-electron chi connectivity index (χ1n) is 9.53. The van der Waals surface area contributed by atoms with Gasteiger partial charge in [0, 0.05) is 37.2 Å². The van der Waals surface area contributed by atoms with Crippen molar-refractivity contribution in [1.29, 1.82) is 0 Å². The van der Waals surface area contributed by atoms with Crippen molar-refractivity contribution in [1.82, 2.24) is 9.97 Å². The average molecular weight is 379 g/mol. The summed E-state index contributed by atoms with van der Waals surface area (Å²) in [7, 11) is 0. The summed E-state index contributed by atoms with van der Waals surface area (Å²) in [5.74, 6) is 0.0410. The number of benzene rings is 1. The van der Waals surface area contributed by atoms with Gasteiger partial charge in [-0.25, -0.2) is 9.97 Å². The fraction of sp³-hybridized carbons (Fsp3) is 0.333. The zero-order valence-electron chi connectivity index (χ0n) is 16.0. The molecule has 1 aliphatic rings. The van der Waals surface area contributed by atoms with Crippen molar-refractivity contribution in [3.63, 3.8) is 0 Å². The summed E-state index contributed by atoms with van der Waals surface area (Å²) < 4.78 is 0. The standard InChI is InChI=1S/C21H25N5O2/c1-15(27)25-18-8-5-9-19(12-18)26-20(28)17-13-23-21(24-14-17)22-11-10-16-6-3-2-4-7-16/h5-6,8-9,12-14H,2-4,7,10-11H2,1H3,(H,25,27)(H,26,28)(H,22,23,24). The molecular weight excluding hydrogens is 354 g/mol. The van der Waals surface area contributed by atoms with Gasteiger partial charge in [0.2, 0.25) is 11.9 Å². The Balaban J connectivity index is 1.52. The van der Waals surface area contributed by atoms with Crippen molar-refractivity contribution in [2.45, 2.75) is 39.0 Å². The molecule has 0 saturated carbocycles. The normalized spacial score (nSPS) is 13.4. The number of aromatic nitrogens is 2. The highest BCUT2D eigenvalue weighted by molar-refractivity contribution is 6.04. The van der Waals surface area contributed by atoms with Crippen molar-refractivity contribution < 1.29 is 9.59 Å². The van der Waals surface area contributed by atoms with E-state index in [-0.39, 0.29) is 11.8 Å². The lowest BCUT2D eigenvalue weighted by Gasteiger charge is -2.13. The highest BCUT2D eigenvalue weighted by Gasteiger charge is 2.09. The Kier molecular flexibility index (Phi) is 6.73. The van der Waals surface area contributed by atoms with Gasteiger partial charge in [0.1, 0.15) is 0 Å². The van der Waals surface area contributed by atoms with Crippen molar-refractivity contribution in [2.24, 2.45) is 0 Å². The molecule has 0 saturated heterocycles. The van der Waals surface area contributed by atoms with Gasteiger partial charge in [-0.15, -0.1) is 0 Å². The third-order valence-corrected chi connectivity index (χ3v) is 4.47. The molecule has 2 amide bonds. The Bertz CT molecular complexity index is 861. The molecule has 146 valence electrons. The van der Waals surface area contributed by atoms with Crippen molar-refractivity contribution >= 4 is 29.1 Å². The fourth-order valence-electron chi connectivity index (χ4n) is 3.08. The van der Waals surface area contributed by atoms with Gasteiger partial charge in [-0.1, -0.05) is 17.7 Å². The van der Waals surface area contributed by atoms with Crippen molar-refractivity contribution in [2.75, 3.05) is 22.5 Å². The SMILES string of the molecule is CC(=O)Nc1cccc(NC(=O)c2cnc(NCCC3=CCCCC3)nc2)c1. The summed E-state index contributed by atoms with van der Waals surface area (Å²) in [6, 6.07) is 6.95. The second kappa shape index (κ2) is 9.64. The molecule has 1 aliphatic carbocycles. The van der Waals surface area contributed by atoms with Crippen LogP contribution in [0.4, 0.5) is 17.3 Å². The number of anilines is 3. The third-order valence-electron chi connectivity index (χ3n) is 4.47. The molecule has 1 aromatic heterocycles. The minimum atomic E-state index is -0.307. The molecule has 1 aromatic carbocycles. The maximum Gasteiger partial charge on any atom is 0.258 e. The molecule has 3 N–H and O–H groups in total. The van der Waals surface area contributed by atoms with Gasteiger partial charge < -0.3 is 16.0 Å². The lowest BCUT2D eigenvalue weighted by atomic mass is 9.97. The van der Waals surface area contributed by atoms with Gasteiger partial charge in [0.25, 0.3) is 5.91 Å². The summed E-state index contributed by atoms with van der Waals surface area (Å²) in [6.07, 6.45) is 11.3. The number of hydrogen-bond donors (Lipinski definition) is 3. The van der Waals surface area contributed by atoms with E-state index in [0.717, 1.165) is 13.0 Å². The molecule has 0 fully saturated rings. The number of nitrogens with one attached hydrogen (secondary N) is 3. The van der Waals surface area contributed by atoms with Crippen LogP contribution in [0.25, 0.3) is 0 Å². The lowest BCUT2D eigenvalue weighted by Crippen LogP contribution is -2.14. The van der Waals surface area contributed by atoms with Crippen LogP contribution in [0.15, 0.2) is 48.3 Å². The minimum Gasteiger partial charge on any atom is -0.354 e. The van der Waals surface area contributed by atoms with Crippen LogP contribution >= 0.6 is 0 Å². The molecule has 0 spiro atoms. The molecule has 7 nitrogen and oxygen atoms in total. The largest absolute Gasteiger partial charge is 0.354 e. The molecular formula is C21H25N5O2. The number of carbonyl (C=O) groups is 2. The third kappa shape index (κ3) is 5.90. The maximum atomic E-state index is 12.4. The van der Waals surface area contributed by atoms with Crippen LogP contribution < -0.4 is 16.0 Å². The molecule has 7 heteroatoms. The quantitative estimate of drug-likeness (QED) is 0.632. The maximum absolute atomic E-state index is 12.4. The first-order chi connectivity index (χ1) is 13.6. The molecule has 1 heterocycles. The summed E-state index contributed by atoms with van der Waals surface area (Å²) in [5, 5.41) is 8.66. The van der Waals surface area contributed by atoms with Crippen LogP contribution in [-0.4, -0.2) is 28.3 Å². The van der Waals surface area contributed by atoms with E-state index in [1.165, 1.54) is 50.6 Å². The van der Waals surface area contributed by atoms with E-state index in [9.17, 15) is 9.59 Å². The van der Waals surface area contributed by atoms with Gasteiger partial charge >= 0.3 is 0 Å². The van der Waals surface area contributed by atoms with E-state index in [1.54, 1.807) is 24.3 Å². The van der Waals surface area contributed by atoms with Crippen LogP contribution in [-0.2, 0) is 4.79 Å². The van der Waals surface area contributed by atoms with Crippen LogP contribution in [0.3, 0.4) is 0 Å². The van der Waals surface area contributed by atoms with Crippen LogP contribution in [0.1, 0.15) is 49.4 Å². The number of amides is 2. The summed E-state index contributed by atoms with van der Waals surface area (Å²) in [4.78, 5) is 32.0. The monoisotopic (exact) mass is 379 g/mol. The average Bonchev–Trinajstić information content (AvgIpc) is 2.69. The van der Waals surface area contributed by atoms with E-state index in [0.29, 0.717) is 22.9 Å². The summed E-state index contributed by atoms with van der Waals surface area (Å²) in [6.45, 7) is 2.22. The molecule has 0 unspecified atom stereocenters. The van der Waals surface area contributed by atoms with Crippen molar-refractivity contribution in [3.05, 3.63) is 53.9 Å². The van der Waals surface area contributed by atoms with Gasteiger partial charge in [-0.05, 0) is 50.3 Å². The Labute approximate surface area is 164 Å². The number of carbonyl (C=O) groups excluding carboxylic acids is 2. The van der Waals surface area contributed by atoms with Gasteiger partial charge in [0.15, 0.2) is 0 Å². The second-order valence-corrected chi connectivity index (χ2v) is 6.80. The first kappa shape index (κ1) is 19.5. The second-order valence-electron chi connectivity index (χ2n) is 6.80. The van der Waals surface area contributed by atoms with E-state index < -0.39 is 0 Å². The van der Waals surface area contributed by atoms with Crippen LogP contribution in [0.5, 0.6) is 0 Å². The summed E-state index contributed by atoms with van der Waals surface area (Å²) >= 11 is 0. The molecule has 3 rings (SSSR count). The Morgan fingerprint density at radius 2 is 1.82 bits per heavy atom. The number of hydrogen-bond acceptors (Lipinski definition) is 5. The Morgan fingerprint density at radius 3 is 2.50 bits per heavy atom. The highest BCUT2D eigenvalue weighted by Crippen LogP contribution is 2.20. The molecule has 2 aromatic rings. The fourth-order valence-corrected chi connectivity index (χ4v) is 3.08. The zero-order valence-corrected chi connectivity index (χ0v) is 16.0. The van der Waals surface area contributed by atoms with Gasteiger partial charge in [0.05, 0.1) is 5.56 Å². The highest BCUT2D eigenvalue weighted by atomic mass is 16.2. The van der Waals surface area contributed by atoms with Crippen molar-refractivity contribution in [3.8, 4) is 0 Å². The molecule has 28 heavy (non-hydrogen) atoms. The van der Waals surface area contributed by atoms with E-state index in [1.807, 2.05) is 0 Å². The zero-order chi connectivity index (χ0) is 19.8. The van der Waals surface area contributed by atoms with Gasteiger partial charge in [-0.3, -0.25) is 9.59 Å². The minimum absolute atomic E-state index is 0.167. The van der Waals surface area contributed by atoms with Gasteiger partial charge in [-0.2, -0.15) is 0 Å². The number of allylic oxidation sites excluding steroid dienone is 1. The Morgan fingerprint density at radius 1 is 1.07 bits per heavy atom.